The maximum atomic E-state index is 9.98. The highest BCUT2D eigenvalue weighted by Crippen LogP contribution is 1.81. The van der Waals surface area contributed by atoms with E-state index in [0.29, 0.717) is 0 Å². The van der Waals surface area contributed by atoms with Crippen molar-refractivity contribution in [3.63, 3.8) is 0 Å². The summed E-state index contributed by atoms with van der Waals surface area (Å²) in [5.41, 5.74) is 0. The van der Waals surface area contributed by atoms with E-state index in [1.54, 1.807) is 0 Å². The van der Waals surface area contributed by atoms with Gasteiger partial charge in [-0.2, -0.15) is 0 Å². The lowest BCUT2D eigenvalue weighted by molar-refractivity contribution is -0.743. The fourth-order valence-electron chi connectivity index (χ4n) is 0.721. The molecular weight excluding hydrogens is 144 g/mol. The molecule has 0 spiro atoms. The third kappa shape index (κ3) is 1.51. The molecule has 0 N–H and O–H groups in total. The fraction of sp³-hybridized carbons (Fsp3) is 0.143. The summed E-state index contributed by atoms with van der Waals surface area (Å²) >= 11 is 0. The monoisotopic (exact) mass is 152 g/mol. The molecule has 0 heterocycles. The van der Waals surface area contributed by atoms with Gasteiger partial charge in [-0.1, -0.05) is 30.3 Å². The van der Waals surface area contributed by atoms with Crippen LogP contribution in [0.25, 0.3) is 0 Å². The van der Waals surface area contributed by atoms with Crippen molar-refractivity contribution < 1.29 is 9.50 Å². The largest absolute Gasteiger partial charge is 0.587 e. The molecule has 0 aliphatic carbocycles. The SMILES string of the molecule is C[Si](=[O+][O-])c1ccccc1. The Kier molecular flexibility index (Phi) is 2.34. The Morgan fingerprint density at radius 1 is 1.30 bits per heavy atom. The molecule has 10 heavy (non-hydrogen) atoms. The Hall–Kier alpha value is -0.963. The van der Waals surface area contributed by atoms with Gasteiger partial charge in [-0.3, -0.25) is 0 Å². The quantitative estimate of drug-likeness (QED) is 0.237. The molecule has 2 nitrogen and oxygen atoms in total. The molecule has 1 rings (SSSR count). The number of benzene rings is 1. The number of hydrogen-bond acceptors (Lipinski definition) is 1. The molecule has 0 saturated heterocycles. The fourth-order valence-corrected chi connectivity index (χ4v) is 1.48. The average molecular weight is 152 g/mol. The smallest absolute Gasteiger partial charge is 0.497 e. The zero-order chi connectivity index (χ0) is 7.40. The Morgan fingerprint density at radius 2 is 1.90 bits per heavy atom. The van der Waals surface area contributed by atoms with Crippen LogP contribution in [-0.2, 0) is 4.24 Å². The van der Waals surface area contributed by atoms with Crippen LogP contribution < -0.4 is 10.4 Å². The van der Waals surface area contributed by atoms with Gasteiger partial charge in [0.25, 0.3) is 0 Å². The van der Waals surface area contributed by atoms with Crippen molar-refractivity contribution in [1.82, 2.24) is 0 Å². The van der Waals surface area contributed by atoms with Gasteiger partial charge in [0.2, 0.25) is 0 Å². The van der Waals surface area contributed by atoms with E-state index in [4.69, 9.17) is 0 Å². The first-order valence-corrected chi connectivity index (χ1v) is 4.94. The first-order valence-electron chi connectivity index (χ1n) is 3.03. The highest BCUT2D eigenvalue weighted by Gasteiger charge is 2.11. The zero-order valence-electron chi connectivity index (χ0n) is 5.70. The number of rotatable bonds is 1. The van der Waals surface area contributed by atoms with E-state index in [-0.39, 0.29) is 0 Å². The molecule has 52 valence electrons. The molecule has 0 fully saturated rings. The van der Waals surface area contributed by atoms with E-state index in [1.165, 1.54) is 0 Å². The second-order valence-corrected chi connectivity index (χ2v) is 3.86. The van der Waals surface area contributed by atoms with Crippen molar-refractivity contribution in [3.8, 4) is 0 Å². The highest BCUT2D eigenvalue weighted by atomic mass is 28.3. The van der Waals surface area contributed by atoms with Crippen LogP contribution >= 0.6 is 0 Å². The lowest BCUT2D eigenvalue weighted by Gasteiger charge is -1.85. The van der Waals surface area contributed by atoms with Crippen LogP contribution in [0.3, 0.4) is 0 Å². The van der Waals surface area contributed by atoms with E-state index < -0.39 is 8.68 Å². The van der Waals surface area contributed by atoms with Crippen molar-refractivity contribution in [2.75, 3.05) is 0 Å². The minimum Gasteiger partial charge on any atom is -0.497 e. The van der Waals surface area contributed by atoms with Crippen molar-refractivity contribution >= 4 is 13.9 Å². The van der Waals surface area contributed by atoms with E-state index in [2.05, 4.69) is 4.24 Å². The molecule has 0 aromatic heterocycles. The second-order valence-electron chi connectivity index (χ2n) is 2.01. The van der Waals surface area contributed by atoms with Crippen LogP contribution in [0.15, 0.2) is 30.3 Å². The van der Waals surface area contributed by atoms with Crippen molar-refractivity contribution in [2.24, 2.45) is 0 Å². The third-order valence-electron chi connectivity index (χ3n) is 1.31. The standard InChI is InChI=1S/C7H8O2Si/c1-10(9-8)7-5-3-2-4-6-7/h2-6H,1H3. The van der Waals surface area contributed by atoms with Crippen LogP contribution in [0.2, 0.25) is 6.55 Å². The predicted octanol–water partition coefficient (Wildman–Crippen LogP) is -0.244. The Bertz CT molecular complexity index is 231. The minimum atomic E-state index is -1.26. The van der Waals surface area contributed by atoms with Gasteiger partial charge in [0.1, 0.15) is 0 Å². The zero-order valence-corrected chi connectivity index (χ0v) is 6.70. The summed E-state index contributed by atoms with van der Waals surface area (Å²) in [5.74, 6) is 0. The molecule has 0 radical (unpaired) electrons. The van der Waals surface area contributed by atoms with Crippen LogP contribution in [0, 0.1) is 0 Å². The topological polar surface area (TPSA) is 34.4 Å². The van der Waals surface area contributed by atoms with Gasteiger partial charge in [0, 0.05) is 6.55 Å². The van der Waals surface area contributed by atoms with E-state index in [0.717, 1.165) is 5.19 Å². The van der Waals surface area contributed by atoms with Gasteiger partial charge in [-0.05, 0) is 0 Å². The summed E-state index contributed by atoms with van der Waals surface area (Å²) in [4.78, 5) is 0. The van der Waals surface area contributed by atoms with Crippen molar-refractivity contribution in [2.45, 2.75) is 6.55 Å². The Labute approximate surface area is 61.0 Å². The molecule has 0 amide bonds. The highest BCUT2D eigenvalue weighted by molar-refractivity contribution is 6.58. The Balaban J connectivity index is 2.96. The van der Waals surface area contributed by atoms with Crippen LogP contribution in [0.4, 0.5) is 0 Å². The predicted molar refractivity (Wildman–Crippen MR) is 38.4 cm³/mol. The Morgan fingerprint density at radius 3 is 2.40 bits per heavy atom. The van der Waals surface area contributed by atoms with Gasteiger partial charge in [-0.25, -0.2) is 0 Å². The van der Waals surface area contributed by atoms with Crippen LogP contribution in [0.5, 0.6) is 0 Å². The molecular formula is C7H8O2Si. The molecule has 1 aromatic rings. The molecule has 3 heteroatoms. The first-order chi connectivity index (χ1) is 4.84. The van der Waals surface area contributed by atoms with Gasteiger partial charge in [0.05, 0.1) is 5.19 Å². The molecule has 0 unspecified atom stereocenters. The summed E-state index contributed by atoms with van der Waals surface area (Å²) in [6.45, 7) is 1.83. The normalized spacial score (nSPS) is 11.5. The lowest BCUT2D eigenvalue weighted by atomic mass is 10.4. The van der Waals surface area contributed by atoms with E-state index >= 15 is 0 Å². The maximum absolute atomic E-state index is 9.98. The summed E-state index contributed by atoms with van der Waals surface area (Å²) in [7, 11) is -1.26. The van der Waals surface area contributed by atoms with Crippen molar-refractivity contribution in [3.05, 3.63) is 30.3 Å². The van der Waals surface area contributed by atoms with Crippen LogP contribution in [0.1, 0.15) is 0 Å². The van der Waals surface area contributed by atoms with Gasteiger partial charge in [0.15, 0.2) is 0 Å². The van der Waals surface area contributed by atoms with Gasteiger partial charge >= 0.3 is 8.68 Å². The molecule has 0 aliphatic rings. The molecule has 0 bridgehead atoms. The minimum absolute atomic E-state index is 1.02. The molecule has 0 atom stereocenters. The van der Waals surface area contributed by atoms with Crippen molar-refractivity contribution in [1.29, 1.82) is 0 Å². The third-order valence-corrected chi connectivity index (χ3v) is 2.70. The molecule has 1 aromatic carbocycles. The van der Waals surface area contributed by atoms with Gasteiger partial charge < -0.3 is 9.50 Å². The summed E-state index contributed by atoms with van der Waals surface area (Å²) in [6.07, 6.45) is 0. The summed E-state index contributed by atoms with van der Waals surface area (Å²) < 4.78 is 3.99. The summed E-state index contributed by atoms with van der Waals surface area (Å²) in [6, 6.07) is 9.55. The number of hydrogen-bond donors (Lipinski definition) is 0. The second kappa shape index (κ2) is 3.27. The van der Waals surface area contributed by atoms with E-state index in [9.17, 15) is 5.26 Å². The summed E-state index contributed by atoms with van der Waals surface area (Å²) in [5, 5.41) is 11.0. The van der Waals surface area contributed by atoms with E-state index in [1.807, 2.05) is 36.9 Å². The first kappa shape index (κ1) is 7.15. The average Bonchev–Trinajstić information content (AvgIpc) is 2.05. The molecule has 0 saturated carbocycles. The van der Waals surface area contributed by atoms with Gasteiger partial charge in [-0.15, -0.1) is 0 Å². The lowest BCUT2D eigenvalue weighted by Crippen LogP contribution is -2.22. The maximum Gasteiger partial charge on any atom is 0.587 e. The molecule has 0 aliphatic heterocycles. The van der Waals surface area contributed by atoms with Crippen LogP contribution in [-0.4, -0.2) is 8.68 Å².